The van der Waals surface area contributed by atoms with Gasteiger partial charge in [-0.25, -0.2) is 4.72 Å². The van der Waals surface area contributed by atoms with Crippen LogP contribution in [0.25, 0.3) is 0 Å². The monoisotopic (exact) mass is 249 g/mol. The molecular formula is C9H19N3O3S. The molecule has 0 bridgehead atoms. The number of carbonyl (C=O) groups excluding carboxylic acids is 1. The third-order valence-electron chi connectivity index (χ3n) is 2.56. The van der Waals surface area contributed by atoms with Crippen LogP contribution in [0.5, 0.6) is 0 Å². The largest absolute Gasteiger partial charge is 0.340 e. The molecule has 1 N–H and O–H groups in total. The molecule has 0 saturated carbocycles. The first-order valence-electron chi connectivity index (χ1n) is 5.47. The van der Waals surface area contributed by atoms with Crippen LogP contribution < -0.4 is 4.72 Å². The summed E-state index contributed by atoms with van der Waals surface area (Å²) in [7, 11) is -3.35. The Balaban J connectivity index is 2.50. The lowest BCUT2D eigenvalue weighted by molar-refractivity contribution is -0.129. The molecule has 0 radical (unpaired) electrons. The first-order chi connectivity index (χ1) is 7.47. The van der Waals surface area contributed by atoms with E-state index in [4.69, 9.17) is 0 Å². The quantitative estimate of drug-likeness (QED) is 0.723. The van der Waals surface area contributed by atoms with Crippen molar-refractivity contribution in [3.63, 3.8) is 0 Å². The minimum Gasteiger partial charge on any atom is -0.340 e. The Kier molecular flexibility index (Phi) is 4.69. The minimum atomic E-state index is -3.35. The van der Waals surface area contributed by atoms with E-state index in [-0.39, 0.29) is 5.91 Å². The molecule has 1 aliphatic heterocycles. The number of hydrogen-bond donors (Lipinski definition) is 1. The van der Waals surface area contributed by atoms with Crippen molar-refractivity contribution in [2.24, 2.45) is 0 Å². The van der Waals surface area contributed by atoms with E-state index in [0.29, 0.717) is 32.7 Å². The predicted molar refractivity (Wildman–Crippen MR) is 61.0 cm³/mol. The van der Waals surface area contributed by atoms with Crippen molar-refractivity contribution in [1.82, 2.24) is 13.9 Å². The molecule has 0 aromatic carbocycles. The first-order valence-corrected chi connectivity index (χ1v) is 6.91. The van der Waals surface area contributed by atoms with Crippen LogP contribution in [-0.4, -0.2) is 56.3 Å². The van der Waals surface area contributed by atoms with Crippen molar-refractivity contribution < 1.29 is 13.2 Å². The molecule has 94 valence electrons. The summed E-state index contributed by atoms with van der Waals surface area (Å²) in [6, 6.07) is 0. The van der Waals surface area contributed by atoms with Gasteiger partial charge in [0.1, 0.15) is 0 Å². The van der Waals surface area contributed by atoms with Gasteiger partial charge in [-0.1, -0.05) is 6.92 Å². The summed E-state index contributed by atoms with van der Waals surface area (Å²) in [5, 5.41) is 0. The van der Waals surface area contributed by atoms with Gasteiger partial charge in [0.15, 0.2) is 0 Å². The summed E-state index contributed by atoms with van der Waals surface area (Å²) in [5.74, 6) is -0.00133. The molecule has 6 nitrogen and oxygen atoms in total. The number of nitrogens with one attached hydrogen (secondary N) is 1. The minimum absolute atomic E-state index is 0.00133. The van der Waals surface area contributed by atoms with E-state index in [0.717, 1.165) is 6.42 Å². The molecule has 1 saturated heterocycles. The van der Waals surface area contributed by atoms with Gasteiger partial charge < -0.3 is 4.90 Å². The van der Waals surface area contributed by atoms with Gasteiger partial charge in [0, 0.05) is 39.6 Å². The van der Waals surface area contributed by atoms with E-state index >= 15 is 0 Å². The second kappa shape index (κ2) is 5.60. The highest BCUT2D eigenvalue weighted by atomic mass is 32.2. The van der Waals surface area contributed by atoms with Gasteiger partial charge in [-0.2, -0.15) is 12.7 Å². The Morgan fingerprint density at radius 3 is 2.25 bits per heavy atom. The molecule has 0 aromatic rings. The fourth-order valence-electron chi connectivity index (χ4n) is 1.57. The average Bonchev–Trinajstić information content (AvgIpc) is 2.26. The van der Waals surface area contributed by atoms with E-state index < -0.39 is 10.2 Å². The van der Waals surface area contributed by atoms with Crippen molar-refractivity contribution in [2.75, 3.05) is 32.7 Å². The Bertz CT molecular complexity index is 334. The van der Waals surface area contributed by atoms with Crippen LogP contribution in [0.2, 0.25) is 0 Å². The van der Waals surface area contributed by atoms with Crippen molar-refractivity contribution in [3.8, 4) is 0 Å². The standard InChI is InChI=1S/C9H19N3O3S/c1-3-4-10-16(14,15)12-7-5-11(6-8-12)9(2)13/h10H,3-8H2,1-2H3. The molecule has 1 fully saturated rings. The van der Waals surface area contributed by atoms with Crippen molar-refractivity contribution in [1.29, 1.82) is 0 Å². The molecule has 0 aliphatic carbocycles. The van der Waals surface area contributed by atoms with Gasteiger partial charge in [-0.3, -0.25) is 4.79 Å². The van der Waals surface area contributed by atoms with Gasteiger partial charge in [0.2, 0.25) is 5.91 Å². The van der Waals surface area contributed by atoms with Crippen molar-refractivity contribution in [3.05, 3.63) is 0 Å². The van der Waals surface area contributed by atoms with Crippen molar-refractivity contribution in [2.45, 2.75) is 20.3 Å². The van der Waals surface area contributed by atoms with Crippen LogP contribution in [0.4, 0.5) is 0 Å². The Labute approximate surface area is 96.8 Å². The molecule has 0 spiro atoms. The van der Waals surface area contributed by atoms with Gasteiger partial charge in [0.05, 0.1) is 0 Å². The lowest BCUT2D eigenvalue weighted by atomic mass is 10.3. The lowest BCUT2D eigenvalue weighted by Gasteiger charge is -2.33. The van der Waals surface area contributed by atoms with Crippen LogP contribution in [-0.2, 0) is 15.0 Å². The summed E-state index contributed by atoms with van der Waals surface area (Å²) >= 11 is 0. The molecule has 16 heavy (non-hydrogen) atoms. The summed E-state index contributed by atoms with van der Waals surface area (Å²) in [4.78, 5) is 12.7. The molecule has 0 aromatic heterocycles. The summed E-state index contributed by atoms with van der Waals surface area (Å²) in [6.07, 6.45) is 0.770. The smallest absolute Gasteiger partial charge is 0.279 e. The molecule has 0 atom stereocenters. The maximum Gasteiger partial charge on any atom is 0.279 e. The van der Waals surface area contributed by atoms with E-state index in [1.165, 1.54) is 11.2 Å². The number of carbonyl (C=O) groups is 1. The van der Waals surface area contributed by atoms with E-state index in [1.807, 2.05) is 6.92 Å². The SMILES string of the molecule is CCCNS(=O)(=O)N1CCN(C(C)=O)CC1. The average molecular weight is 249 g/mol. The third-order valence-corrected chi connectivity index (χ3v) is 4.17. The number of piperazine rings is 1. The lowest BCUT2D eigenvalue weighted by Crippen LogP contribution is -2.53. The van der Waals surface area contributed by atoms with E-state index in [1.54, 1.807) is 4.90 Å². The first kappa shape index (κ1) is 13.4. The zero-order valence-corrected chi connectivity index (χ0v) is 10.6. The van der Waals surface area contributed by atoms with E-state index in [9.17, 15) is 13.2 Å². The fourth-order valence-corrected chi connectivity index (χ4v) is 2.85. The molecule has 1 rings (SSSR count). The molecule has 7 heteroatoms. The van der Waals surface area contributed by atoms with Crippen LogP contribution in [0.3, 0.4) is 0 Å². The molecular weight excluding hydrogens is 230 g/mol. The fraction of sp³-hybridized carbons (Fsp3) is 0.889. The van der Waals surface area contributed by atoms with Gasteiger partial charge in [0.25, 0.3) is 10.2 Å². The summed E-state index contributed by atoms with van der Waals surface area (Å²) < 4.78 is 27.4. The van der Waals surface area contributed by atoms with Crippen molar-refractivity contribution >= 4 is 16.1 Å². The Hall–Kier alpha value is -0.660. The highest BCUT2D eigenvalue weighted by Crippen LogP contribution is 2.06. The highest BCUT2D eigenvalue weighted by molar-refractivity contribution is 7.87. The predicted octanol–water partition coefficient (Wildman–Crippen LogP) is -0.605. The number of rotatable bonds is 4. The normalized spacial score (nSPS) is 18.8. The van der Waals surface area contributed by atoms with Crippen LogP contribution in [0.15, 0.2) is 0 Å². The number of hydrogen-bond acceptors (Lipinski definition) is 3. The Morgan fingerprint density at radius 2 is 1.81 bits per heavy atom. The van der Waals surface area contributed by atoms with Gasteiger partial charge in [-0.15, -0.1) is 0 Å². The third kappa shape index (κ3) is 3.43. The highest BCUT2D eigenvalue weighted by Gasteiger charge is 2.26. The number of amides is 1. The van der Waals surface area contributed by atoms with Crippen LogP contribution in [0, 0.1) is 0 Å². The second-order valence-electron chi connectivity index (χ2n) is 3.80. The molecule has 1 heterocycles. The maximum atomic E-state index is 11.7. The van der Waals surface area contributed by atoms with Crippen LogP contribution >= 0.6 is 0 Å². The van der Waals surface area contributed by atoms with E-state index in [2.05, 4.69) is 4.72 Å². The van der Waals surface area contributed by atoms with Gasteiger partial charge >= 0.3 is 0 Å². The topological polar surface area (TPSA) is 69.7 Å². The molecule has 0 unspecified atom stereocenters. The Morgan fingerprint density at radius 1 is 1.25 bits per heavy atom. The number of nitrogens with zero attached hydrogens (tertiary/aromatic N) is 2. The van der Waals surface area contributed by atoms with Gasteiger partial charge in [-0.05, 0) is 6.42 Å². The zero-order chi connectivity index (χ0) is 12.2. The zero-order valence-electron chi connectivity index (χ0n) is 9.77. The summed E-state index contributed by atoms with van der Waals surface area (Å²) in [5.41, 5.74) is 0. The molecule has 1 aliphatic rings. The summed E-state index contributed by atoms with van der Waals surface area (Å²) in [6.45, 7) is 5.56. The second-order valence-corrected chi connectivity index (χ2v) is 5.56. The molecule has 1 amide bonds. The van der Waals surface area contributed by atoms with Crippen LogP contribution in [0.1, 0.15) is 20.3 Å². The maximum absolute atomic E-state index is 11.7.